The SMILES string of the molecule is O=c1[nH]nc(CCSCCCO)c2c1CCCN2. The highest BCUT2D eigenvalue weighted by molar-refractivity contribution is 7.99. The average Bonchev–Trinajstić information content (AvgIpc) is 2.41. The Morgan fingerprint density at radius 1 is 1.39 bits per heavy atom. The van der Waals surface area contributed by atoms with E-state index in [4.69, 9.17) is 5.11 Å². The zero-order chi connectivity index (χ0) is 12.8. The van der Waals surface area contributed by atoms with Crippen molar-refractivity contribution in [3.8, 4) is 0 Å². The van der Waals surface area contributed by atoms with Gasteiger partial charge in [-0.05, 0) is 30.8 Å². The first-order valence-electron chi connectivity index (χ1n) is 6.36. The van der Waals surface area contributed by atoms with E-state index in [0.717, 1.165) is 60.7 Å². The standard InChI is InChI=1S/C12H19N3O2S/c16-6-2-7-18-8-4-10-11-9(3-1-5-13-11)12(17)15-14-10/h13,16H,1-8H2,(H,15,17). The number of hydrogen-bond acceptors (Lipinski definition) is 5. The van der Waals surface area contributed by atoms with Crippen LogP contribution in [0, 0.1) is 0 Å². The number of aliphatic hydroxyl groups excluding tert-OH is 1. The molecule has 0 atom stereocenters. The Kier molecular flexibility index (Phi) is 5.07. The van der Waals surface area contributed by atoms with Gasteiger partial charge in [0.15, 0.2) is 0 Å². The van der Waals surface area contributed by atoms with Crippen LogP contribution in [0.3, 0.4) is 0 Å². The molecule has 0 aliphatic carbocycles. The van der Waals surface area contributed by atoms with Gasteiger partial charge in [-0.15, -0.1) is 0 Å². The third-order valence-electron chi connectivity index (χ3n) is 2.99. The summed E-state index contributed by atoms with van der Waals surface area (Å²) in [6.45, 7) is 1.17. The lowest BCUT2D eigenvalue weighted by Gasteiger charge is -2.19. The second-order valence-electron chi connectivity index (χ2n) is 4.32. The van der Waals surface area contributed by atoms with Crippen molar-refractivity contribution < 1.29 is 5.11 Å². The van der Waals surface area contributed by atoms with Gasteiger partial charge < -0.3 is 10.4 Å². The third-order valence-corrected chi connectivity index (χ3v) is 4.06. The highest BCUT2D eigenvalue weighted by atomic mass is 32.2. The van der Waals surface area contributed by atoms with Crippen LogP contribution in [-0.4, -0.2) is 40.0 Å². The summed E-state index contributed by atoms with van der Waals surface area (Å²) in [5, 5.41) is 18.7. The van der Waals surface area contributed by atoms with Crippen LogP contribution < -0.4 is 10.9 Å². The molecule has 3 N–H and O–H groups in total. The van der Waals surface area contributed by atoms with E-state index in [1.807, 2.05) is 11.8 Å². The van der Waals surface area contributed by atoms with Crippen molar-refractivity contribution in [1.82, 2.24) is 10.2 Å². The molecule has 0 aromatic carbocycles. The Hall–Kier alpha value is -1.01. The first kappa shape index (κ1) is 13.4. The van der Waals surface area contributed by atoms with Crippen molar-refractivity contribution >= 4 is 17.4 Å². The molecule has 6 heteroatoms. The van der Waals surface area contributed by atoms with Gasteiger partial charge in [0.25, 0.3) is 5.56 Å². The number of nitrogens with one attached hydrogen (secondary N) is 2. The molecule has 5 nitrogen and oxygen atoms in total. The zero-order valence-corrected chi connectivity index (χ0v) is 11.2. The molecule has 0 bridgehead atoms. The molecule has 0 spiro atoms. The van der Waals surface area contributed by atoms with Crippen LogP contribution >= 0.6 is 11.8 Å². The molecule has 1 aromatic heterocycles. The van der Waals surface area contributed by atoms with Gasteiger partial charge in [-0.3, -0.25) is 4.79 Å². The quantitative estimate of drug-likeness (QED) is 0.665. The van der Waals surface area contributed by atoms with Crippen molar-refractivity contribution in [2.24, 2.45) is 0 Å². The molecule has 0 unspecified atom stereocenters. The minimum Gasteiger partial charge on any atom is -0.396 e. The fraction of sp³-hybridized carbons (Fsp3) is 0.667. The summed E-state index contributed by atoms with van der Waals surface area (Å²) in [6.07, 6.45) is 3.53. The lowest BCUT2D eigenvalue weighted by molar-refractivity contribution is 0.296. The molecule has 0 fully saturated rings. The normalized spacial score (nSPS) is 14.1. The largest absolute Gasteiger partial charge is 0.396 e. The summed E-state index contributed by atoms with van der Waals surface area (Å²) in [5.41, 5.74) is 2.70. The maximum absolute atomic E-state index is 11.6. The molecule has 1 aliphatic heterocycles. The van der Waals surface area contributed by atoms with Crippen molar-refractivity contribution in [3.05, 3.63) is 21.6 Å². The minimum absolute atomic E-state index is 0.0612. The number of aliphatic hydroxyl groups is 1. The van der Waals surface area contributed by atoms with Gasteiger partial charge >= 0.3 is 0 Å². The van der Waals surface area contributed by atoms with Crippen molar-refractivity contribution in [3.63, 3.8) is 0 Å². The molecule has 0 amide bonds. The Morgan fingerprint density at radius 2 is 2.28 bits per heavy atom. The van der Waals surface area contributed by atoms with Crippen LogP contribution in [0.1, 0.15) is 24.1 Å². The lowest BCUT2D eigenvalue weighted by Crippen LogP contribution is -2.25. The average molecular weight is 269 g/mol. The number of aromatic nitrogens is 2. The lowest BCUT2D eigenvalue weighted by atomic mass is 10.0. The van der Waals surface area contributed by atoms with Gasteiger partial charge in [0.1, 0.15) is 0 Å². The summed E-state index contributed by atoms with van der Waals surface area (Å²) in [6, 6.07) is 0. The van der Waals surface area contributed by atoms with Crippen LogP contribution in [0.4, 0.5) is 5.69 Å². The first-order chi connectivity index (χ1) is 8.83. The molecule has 2 heterocycles. The van der Waals surface area contributed by atoms with E-state index in [0.29, 0.717) is 0 Å². The maximum Gasteiger partial charge on any atom is 0.269 e. The van der Waals surface area contributed by atoms with Crippen molar-refractivity contribution in [2.75, 3.05) is 30.0 Å². The minimum atomic E-state index is -0.0612. The predicted molar refractivity (Wildman–Crippen MR) is 74.4 cm³/mol. The molecule has 0 radical (unpaired) electrons. The fourth-order valence-electron chi connectivity index (χ4n) is 2.07. The Balaban J connectivity index is 1.98. The molecule has 0 saturated heterocycles. The summed E-state index contributed by atoms with van der Waals surface area (Å²) in [7, 11) is 0. The summed E-state index contributed by atoms with van der Waals surface area (Å²) >= 11 is 1.81. The summed E-state index contributed by atoms with van der Waals surface area (Å²) in [5.74, 6) is 1.93. The van der Waals surface area contributed by atoms with Crippen LogP contribution in [-0.2, 0) is 12.8 Å². The van der Waals surface area contributed by atoms with Crippen LogP contribution in [0.5, 0.6) is 0 Å². The number of nitrogens with zero attached hydrogens (tertiary/aromatic N) is 1. The van der Waals surface area contributed by atoms with Crippen LogP contribution in [0.25, 0.3) is 0 Å². The molecular weight excluding hydrogens is 250 g/mol. The van der Waals surface area contributed by atoms with Crippen molar-refractivity contribution in [2.45, 2.75) is 25.7 Å². The van der Waals surface area contributed by atoms with Gasteiger partial charge in [0, 0.05) is 25.1 Å². The second-order valence-corrected chi connectivity index (χ2v) is 5.55. The zero-order valence-electron chi connectivity index (χ0n) is 10.4. The van der Waals surface area contributed by atoms with E-state index in [9.17, 15) is 4.79 Å². The third kappa shape index (κ3) is 3.26. The Bertz CT molecular complexity index is 447. The number of fused-ring (bicyclic) bond motifs is 1. The first-order valence-corrected chi connectivity index (χ1v) is 7.51. The molecule has 1 aliphatic rings. The summed E-state index contributed by atoms with van der Waals surface area (Å²) in [4.78, 5) is 11.6. The maximum atomic E-state index is 11.6. The molecule has 2 rings (SSSR count). The van der Waals surface area contributed by atoms with Gasteiger partial charge in [0.2, 0.25) is 0 Å². The van der Waals surface area contributed by atoms with Crippen LogP contribution in [0.15, 0.2) is 4.79 Å². The topological polar surface area (TPSA) is 78.0 Å². The van der Waals surface area contributed by atoms with E-state index in [-0.39, 0.29) is 12.2 Å². The highest BCUT2D eigenvalue weighted by Crippen LogP contribution is 2.22. The monoisotopic (exact) mass is 269 g/mol. The Morgan fingerprint density at radius 3 is 3.11 bits per heavy atom. The van der Waals surface area contributed by atoms with E-state index in [1.165, 1.54) is 0 Å². The van der Waals surface area contributed by atoms with Gasteiger partial charge in [0.05, 0.1) is 11.4 Å². The molecule has 18 heavy (non-hydrogen) atoms. The number of anilines is 1. The van der Waals surface area contributed by atoms with Crippen molar-refractivity contribution in [1.29, 1.82) is 0 Å². The molecule has 100 valence electrons. The van der Waals surface area contributed by atoms with Gasteiger partial charge in [-0.25, -0.2) is 5.10 Å². The number of hydrogen-bond donors (Lipinski definition) is 3. The van der Waals surface area contributed by atoms with E-state index >= 15 is 0 Å². The molecule has 0 saturated carbocycles. The number of aromatic amines is 1. The smallest absolute Gasteiger partial charge is 0.269 e. The summed E-state index contributed by atoms with van der Waals surface area (Å²) < 4.78 is 0. The number of H-pyrrole nitrogens is 1. The predicted octanol–water partition coefficient (Wildman–Crippen LogP) is 0.786. The van der Waals surface area contributed by atoms with Crippen LogP contribution in [0.2, 0.25) is 0 Å². The molecular formula is C12H19N3O2S. The fourth-order valence-corrected chi connectivity index (χ4v) is 2.95. The number of aryl methyl sites for hydroxylation is 1. The molecule has 1 aromatic rings. The van der Waals surface area contributed by atoms with E-state index in [2.05, 4.69) is 15.5 Å². The number of thioether (sulfide) groups is 1. The Labute approximate surface area is 110 Å². The number of rotatable bonds is 6. The van der Waals surface area contributed by atoms with Gasteiger partial charge in [-0.2, -0.15) is 16.9 Å². The highest BCUT2D eigenvalue weighted by Gasteiger charge is 2.16. The van der Waals surface area contributed by atoms with Gasteiger partial charge in [-0.1, -0.05) is 0 Å². The van der Waals surface area contributed by atoms with E-state index in [1.54, 1.807) is 0 Å². The van der Waals surface area contributed by atoms with E-state index < -0.39 is 0 Å². The second kappa shape index (κ2) is 6.80.